The molecule has 1 heterocycles. The Morgan fingerprint density at radius 1 is 1.27 bits per heavy atom. The van der Waals surface area contributed by atoms with Crippen LogP contribution < -0.4 is 16.6 Å². The molecule has 0 saturated heterocycles. The summed E-state index contributed by atoms with van der Waals surface area (Å²) < 4.78 is 0. The van der Waals surface area contributed by atoms with Crippen LogP contribution in [0.15, 0.2) is 12.4 Å². The number of nitrogens with one attached hydrogen (secondary N) is 2. The number of aromatic nitrogens is 2. The van der Waals surface area contributed by atoms with Gasteiger partial charge >= 0.3 is 0 Å². The highest BCUT2D eigenvalue weighted by molar-refractivity contribution is 5.42. The second kappa shape index (κ2) is 4.93. The van der Waals surface area contributed by atoms with Crippen LogP contribution in [0.3, 0.4) is 0 Å². The number of hydrazine groups is 1. The fraction of sp³-hybridized carbons (Fsp3) is 0.600. The Kier molecular flexibility index (Phi) is 3.85. The largest absolute Gasteiger partial charge is 0.364 e. The smallest absolute Gasteiger partial charge is 0.160 e. The zero-order chi connectivity index (χ0) is 11.3. The molecule has 1 aromatic rings. The van der Waals surface area contributed by atoms with E-state index < -0.39 is 0 Å². The highest BCUT2D eigenvalue weighted by Gasteiger charge is 2.19. The Morgan fingerprint density at radius 2 is 1.87 bits per heavy atom. The molecule has 0 aliphatic carbocycles. The zero-order valence-electron chi connectivity index (χ0n) is 9.54. The molecule has 84 valence electrons. The quantitative estimate of drug-likeness (QED) is 0.509. The van der Waals surface area contributed by atoms with Crippen molar-refractivity contribution in [2.75, 3.05) is 10.7 Å². The summed E-state index contributed by atoms with van der Waals surface area (Å²) in [5.74, 6) is 6.58. The van der Waals surface area contributed by atoms with E-state index in [0.29, 0.717) is 5.82 Å². The number of nitrogens with two attached hydrogens (primary N) is 1. The van der Waals surface area contributed by atoms with Gasteiger partial charge in [0.25, 0.3) is 0 Å². The molecule has 5 heteroatoms. The summed E-state index contributed by atoms with van der Waals surface area (Å²) in [7, 11) is 0. The van der Waals surface area contributed by atoms with Gasteiger partial charge in [0, 0.05) is 5.54 Å². The lowest BCUT2D eigenvalue weighted by atomic mass is 9.96. The minimum absolute atomic E-state index is 0.0574. The van der Waals surface area contributed by atoms with E-state index in [1.165, 1.54) is 0 Å². The van der Waals surface area contributed by atoms with E-state index in [9.17, 15) is 0 Å². The first-order valence-electron chi connectivity index (χ1n) is 5.20. The van der Waals surface area contributed by atoms with Gasteiger partial charge in [-0.25, -0.2) is 10.8 Å². The van der Waals surface area contributed by atoms with Gasteiger partial charge in [0.1, 0.15) is 5.82 Å². The van der Waals surface area contributed by atoms with Crippen LogP contribution in [0, 0.1) is 0 Å². The first-order chi connectivity index (χ1) is 7.13. The predicted molar refractivity (Wildman–Crippen MR) is 62.5 cm³/mol. The monoisotopic (exact) mass is 209 g/mol. The van der Waals surface area contributed by atoms with E-state index in [0.717, 1.165) is 18.7 Å². The molecule has 0 bridgehead atoms. The van der Waals surface area contributed by atoms with Gasteiger partial charge < -0.3 is 10.7 Å². The Bertz CT molecular complexity index is 308. The lowest BCUT2D eigenvalue weighted by molar-refractivity contribution is 0.476. The minimum Gasteiger partial charge on any atom is -0.364 e. The third kappa shape index (κ3) is 3.06. The molecule has 1 rings (SSSR count). The van der Waals surface area contributed by atoms with Crippen LogP contribution in [0.5, 0.6) is 0 Å². The van der Waals surface area contributed by atoms with Crippen LogP contribution in [0.25, 0.3) is 0 Å². The lowest BCUT2D eigenvalue weighted by Crippen LogP contribution is -2.33. The van der Waals surface area contributed by atoms with Gasteiger partial charge in [0.05, 0.1) is 12.4 Å². The fourth-order valence-electron chi connectivity index (χ4n) is 1.23. The minimum atomic E-state index is 0.0574. The van der Waals surface area contributed by atoms with Gasteiger partial charge in [-0.15, -0.1) is 0 Å². The van der Waals surface area contributed by atoms with E-state index in [1.54, 1.807) is 12.4 Å². The van der Waals surface area contributed by atoms with E-state index in [1.807, 2.05) is 0 Å². The van der Waals surface area contributed by atoms with E-state index in [2.05, 4.69) is 41.5 Å². The second-order valence-electron chi connectivity index (χ2n) is 3.83. The van der Waals surface area contributed by atoms with Crippen molar-refractivity contribution in [3.05, 3.63) is 12.4 Å². The van der Waals surface area contributed by atoms with Crippen molar-refractivity contribution in [3.63, 3.8) is 0 Å². The maximum Gasteiger partial charge on any atom is 0.160 e. The molecular formula is C10H19N5. The molecule has 0 amide bonds. The van der Waals surface area contributed by atoms with Crippen LogP contribution in [0.4, 0.5) is 11.6 Å². The third-order valence-electron chi connectivity index (χ3n) is 2.77. The standard InChI is InChI=1S/C10H19N5/c1-4-10(3,5-2)14-8-6-12-7-9(13-8)15-11/h6-7H,4-5,11H2,1-3H3,(H2,13,14,15). The highest BCUT2D eigenvalue weighted by Crippen LogP contribution is 2.20. The molecule has 0 aromatic carbocycles. The van der Waals surface area contributed by atoms with Gasteiger partial charge in [-0.1, -0.05) is 13.8 Å². The number of hydrogen-bond donors (Lipinski definition) is 3. The van der Waals surface area contributed by atoms with E-state index in [-0.39, 0.29) is 5.54 Å². The molecule has 0 aliphatic rings. The molecule has 0 spiro atoms. The van der Waals surface area contributed by atoms with Crippen molar-refractivity contribution in [1.82, 2.24) is 9.97 Å². The first-order valence-corrected chi connectivity index (χ1v) is 5.20. The van der Waals surface area contributed by atoms with Crippen LogP contribution >= 0.6 is 0 Å². The molecule has 4 N–H and O–H groups in total. The van der Waals surface area contributed by atoms with Crippen molar-refractivity contribution >= 4 is 11.6 Å². The van der Waals surface area contributed by atoms with Crippen LogP contribution in [-0.2, 0) is 0 Å². The van der Waals surface area contributed by atoms with Crippen molar-refractivity contribution in [2.45, 2.75) is 39.2 Å². The number of nitrogen functional groups attached to an aromatic ring is 1. The Balaban J connectivity index is 2.79. The predicted octanol–water partition coefficient (Wildman–Crippen LogP) is 1.75. The topological polar surface area (TPSA) is 75.9 Å². The SMILES string of the molecule is CCC(C)(CC)Nc1cncc(NN)n1. The van der Waals surface area contributed by atoms with Gasteiger partial charge in [-0.2, -0.15) is 0 Å². The molecule has 0 atom stereocenters. The Morgan fingerprint density at radius 3 is 2.40 bits per heavy atom. The Hall–Kier alpha value is -1.36. The fourth-order valence-corrected chi connectivity index (χ4v) is 1.23. The number of nitrogens with zero attached hydrogens (tertiary/aromatic N) is 2. The molecule has 5 nitrogen and oxygen atoms in total. The zero-order valence-corrected chi connectivity index (χ0v) is 9.54. The van der Waals surface area contributed by atoms with Gasteiger partial charge in [-0.05, 0) is 19.8 Å². The maximum atomic E-state index is 5.27. The lowest BCUT2D eigenvalue weighted by Gasteiger charge is -2.28. The van der Waals surface area contributed by atoms with Crippen LogP contribution in [-0.4, -0.2) is 15.5 Å². The molecule has 15 heavy (non-hydrogen) atoms. The van der Waals surface area contributed by atoms with Crippen LogP contribution in [0.2, 0.25) is 0 Å². The van der Waals surface area contributed by atoms with Gasteiger partial charge in [0.2, 0.25) is 0 Å². The molecule has 0 aliphatic heterocycles. The average Bonchev–Trinajstić information content (AvgIpc) is 2.29. The van der Waals surface area contributed by atoms with Crippen molar-refractivity contribution in [2.24, 2.45) is 5.84 Å². The average molecular weight is 209 g/mol. The number of hydrogen-bond acceptors (Lipinski definition) is 5. The maximum absolute atomic E-state index is 5.27. The summed E-state index contributed by atoms with van der Waals surface area (Å²) in [6.45, 7) is 6.46. The summed E-state index contributed by atoms with van der Waals surface area (Å²) in [6.07, 6.45) is 5.35. The van der Waals surface area contributed by atoms with Crippen molar-refractivity contribution < 1.29 is 0 Å². The van der Waals surface area contributed by atoms with Crippen molar-refractivity contribution in [3.8, 4) is 0 Å². The second-order valence-corrected chi connectivity index (χ2v) is 3.83. The molecule has 1 aromatic heterocycles. The summed E-state index contributed by atoms with van der Waals surface area (Å²) in [5, 5.41) is 3.36. The van der Waals surface area contributed by atoms with E-state index >= 15 is 0 Å². The molecule has 0 radical (unpaired) electrons. The first kappa shape index (κ1) is 11.7. The summed E-state index contributed by atoms with van der Waals surface area (Å²) in [6, 6.07) is 0. The van der Waals surface area contributed by atoms with Crippen LogP contribution in [0.1, 0.15) is 33.6 Å². The van der Waals surface area contributed by atoms with Crippen molar-refractivity contribution in [1.29, 1.82) is 0 Å². The van der Waals surface area contributed by atoms with E-state index in [4.69, 9.17) is 5.84 Å². The van der Waals surface area contributed by atoms with Gasteiger partial charge in [0.15, 0.2) is 5.82 Å². The van der Waals surface area contributed by atoms with Gasteiger partial charge in [-0.3, -0.25) is 4.98 Å². The molecule has 0 unspecified atom stereocenters. The number of rotatable bonds is 5. The summed E-state index contributed by atoms with van der Waals surface area (Å²) >= 11 is 0. The summed E-state index contributed by atoms with van der Waals surface area (Å²) in [4.78, 5) is 8.30. The molecular weight excluding hydrogens is 190 g/mol. The normalized spacial score (nSPS) is 11.2. The third-order valence-corrected chi connectivity index (χ3v) is 2.77. The highest BCUT2D eigenvalue weighted by atomic mass is 15.3. The molecule has 0 fully saturated rings. The summed E-state index contributed by atoms with van der Waals surface area (Å²) in [5.41, 5.74) is 2.53. The number of anilines is 2. The Labute approximate surface area is 90.5 Å². The molecule has 0 saturated carbocycles.